The SMILES string of the molecule is Cc1cccc2c(C(=O)OCC(=O)c3ccc(F)cc3)cc(-c3ccc(N4C(=O)c5ccccc5C4=O)cc3)nc12. The van der Waals surface area contributed by atoms with E-state index in [1.54, 1.807) is 66.7 Å². The zero-order valence-electron chi connectivity index (χ0n) is 21.8. The Kier molecular flexibility index (Phi) is 6.43. The highest BCUT2D eigenvalue weighted by atomic mass is 19.1. The topological polar surface area (TPSA) is 93.6 Å². The molecule has 2 amide bonds. The van der Waals surface area contributed by atoms with Crippen LogP contribution in [0.5, 0.6) is 0 Å². The first-order valence-electron chi connectivity index (χ1n) is 12.8. The van der Waals surface area contributed by atoms with Crippen molar-refractivity contribution in [3.8, 4) is 11.3 Å². The van der Waals surface area contributed by atoms with Gasteiger partial charge < -0.3 is 4.74 Å². The van der Waals surface area contributed by atoms with Crippen LogP contribution in [0.3, 0.4) is 0 Å². The number of para-hydroxylation sites is 1. The van der Waals surface area contributed by atoms with Gasteiger partial charge in [-0.25, -0.2) is 19.1 Å². The summed E-state index contributed by atoms with van der Waals surface area (Å²) in [6, 6.07) is 25.4. The lowest BCUT2D eigenvalue weighted by atomic mass is 10.0. The first-order valence-corrected chi connectivity index (χ1v) is 12.8. The smallest absolute Gasteiger partial charge is 0.339 e. The summed E-state index contributed by atoms with van der Waals surface area (Å²) in [5.41, 5.74) is 4.12. The molecule has 1 aliphatic heterocycles. The standard InChI is InChI=1S/C33H21FN2O5/c1-19-5-4-8-24-27(33(40)41-18-29(37)21-9-13-22(34)14-10-21)17-28(35-30(19)24)20-11-15-23(16-12-20)36-31(38)25-6-2-3-7-26(25)32(36)39/h2-17H,18H2,1H3. The van der Waals surface area contributed by atoms with Gasteiger partial charge in [-0.1, -0.05) is 42.5 Å². The number of carbonyl (C=O) groups excluding carboxylic acids is 4. The number of rotatable bonds is 6. The van der Waals surface area contributed by atoms with Crippen molar-refractivity contribution in [2.24, 2.45) is 0 Å². The van der Waals surface area contributed by atoms with Crippen LogP contribution in [0, 0.1) is 12.7 Å². The molecule has 6 rings (SSSR count). The van der Waals surface area contributed by atoms with E-state index in [2.05, 4.69) is 0 Å². The third-order valence-corrected chi connectivity index (χ3v) is 6.98. The van der Waals surface area contributed by atoms with Gasteiger partial charge in [0.05, 0.1) is 33.6 Å². The summed E-state index contributed by atoms with van der Waals surface area (Å²) in [5.74, 6) is -2.42. The van der Waals surface area contributed by atoms with Crippen molar-refractivity contribution in [1.82, 2.24) is 4.98 Å². The van der Waals surface area contributed by atoms with E-state index in [1.807, 2.05) is 13.0 Å². The lowest BCUT2D eigenvalue weighted by molar-refractivity contribution is 0.0476. The van der Waals surface area contributed by atoms with Crippen LogP contribution in [-0.4, -0.2) is 35.2 Å². The van der Waals surface area contributed by atoms with Crippen molar-refractivity contribution in [2.75, 3.05) is 11.5 Å². The largest absolute Gasteiger partial charge is 0.454 e. The molecule has 7 nitrogen and oxygen atoms in total. The molecule has 1 aliphatic rings. The van der Waals surface area contributed by atoms with Crippen LogP contribution in [0.1, 0.15) is 47.0 Å². The van der Waals surface area contributed by atoms with Crippen LogP contribution in [-0.2, 0) is 4.74 Å². The number of anilines is 1. The number of ether oxygens (including phenoxy) is 1. The van der Waals surface area contributed by atoms with Gasteiger partial charge in [0.1, 0.15) is 5.82 Å². The molecule has 200 valence electrons. The van der Waals surface area contributed by atoms with Gasteiger partial charge in [0.2, 0.25) is 0 Å². The van der Waals surface area contributed by atoms with E-state index < -0.39 is 36.0 Å². The first-order chi connectivity index (χ1) is 19.8. The van der Waals surface area contributed by atoms with Crippen molar-refractivity contribution in [3.63, 3.8) is 0 Å². The fourth-order valence-electron chi connectivity index (χ4n) is 4.84. The molecule has 0 unspecified atom stereocenters. The van der Waals surface area contributed by atoms with Crippen molar-refractivity contribution in [1.29, 1.82) is 0 Å². The van der Waals surface area contributed by atoms with Crippen molar-refractivity contribution >= 4 is 40.2 Å². The average molecular weight is 545 g/mol. The third kappa shape index (κ3) is 4.65. The van der Waals surface area contributed by atoms with Crippen LogP contribution in [0.4, 0.5) is 10.1 Å². The maximum Gasteiger partial charge on any atom is 0.339 e. The van der Waals surface area contributed by atoms with Gasteiger partial charge in [0.15, 0.2) is 12.4 Å². The quantitative estimate of drug-likeness (QED) is 0.144. The number of benzene rings is 4. The van der Waals surface area contributed by atoms with Gasteiger partial charge in [0.25, 0.3) is 11.8 Å². The number of fused-ring (bicyclic) bond motifs is 2. The molecule has 0 bridgehead atoms. The Labute approximate surface area is 233 Å². The lowest BCUT2D eigenvalue weighted by Gasteiger charge is -2.15. The molecular weight excluding hydrogens is 523 g/mol. The molecule has 1 aromatic heterocycles. The average Bonchev–Trinajstić information content (AvgIpc) is 3.25. The number of halogens is 1. The molecular formula is C33H21FN2O5. The molecule has 0 aliphatic carbocycles. The van der Waals surface area contributed by atoms with E-state index in [9.17, 15) is 23.6 Å². The summed E-state index contributed by atoms with van der Waals surface area (Å²) in [6.07, 6.45) is 0. The predicted octanol–water partition coefficient (Wildman–Crippen LogP) is 6.19. The second kappa shape index (κ2) is 10.2. The number of ketones is 1. The highest BCUT2D eigenvalue weighted by Gasteiger charge is 2.36. The Hall–Kier alpha value is -5.50. The Morgan fingerprint density at radius 3 is 2.15 bits per heavy atom. The molecule has 5 aromatic rings. The molecule has 0 spiro atoms. The first kappa shape index (κ1) is 25.8. The molecule has 0 saturated heterocycles. The van der Waals surface area contributed by atoms with Gasteiger partial charge in [0, 0.05) is 16.5 Å². The maximum absolute atomic E-state index is 13.2. The molecule has 8 heteroatoms. The maximum atomic E-state index is 13.2. The molecule has 0 radical (unpaired) electrons. The van der Waals surface area contributed by atoms with Crippen LogP contribution in [0.15, 0.2) is 97.1 Å². The summed E-state index contributed by atoms with van der Waals surface area (Å²) >= 11 is 0. The lowest BCUT2D eigenvalue weighted by Crippen LogP contribution is -2.29. The summed E-state index contributed by atoms with van der Waals surface area (Å²) in [7, 11) is 0. The molecule has 0 saturated carbocycles. The second-order valence-corrected chi connectivity index (χ2v) is 9.57. The van der Waals surface area contributed by atoms with Gasteiger partial charge >= 0.3 is 5.97 Å². The Morgan fingerprint density at radius 1 is 0.829 bits per heavy atom. The van der Waals surface area contributed by atoms with Crippen LogP contribution < -0.4 is 4.90 Å². The molecule has 0 fully saturated rings. The third-order valence-electron chi connectivity index (χ3n) is 6.98. The number of hydrogen-bond acceptors (Lipinski definition) is 6. The molecule has 0 atom stereocenters. The van der Waals surface area contributed by atoms with E-state index >= 15 is 0 Å². The number of Topliss-reactive ketones (excluding diaryl/α,β-unsaturated/α-hetero) is 1. The van der Waals surface area contributed by atoms with E-state index in [4.69, 9.17) is 9.72 Å². The van der Waals surface area contributed by atoms with Crippen molar-refractivity contribution in [2.45, 2.75) is 6.92 Å². The molecule has 41 heavy (non-hydrogen) atoms. The molecule has 0 N–H and O–H groups in total. The van der Waals surface area contributed by atoms with Gasteiger partial charge in [-0.2, -0.15) is 0 Å². The van der Waals surface area contributed by atoms with Crippen LogP contribution in [0.2, 0.25) is 0 Å². The van der Waals surface area contributed by atoms with E-state index in [0.29, 0.717) is 39.0 Å². The summed E-state index contributed by atoms with van der Waals surface area (Å²) in [5, 5.41) is 0.565. The number of esters is 1. The Balaban J connectivity index is 1.30. The number of hydrogen-bond donors (Lipinski definition) is 0. The number of aromatic nitrogens is 1. The monoisotopic (exact) mass is 544 g/mol. The minimum absolute atomic E-state index is 0.227. The molecule has 4 aromatic carbocycles. The fourth-order valence-corrected chi connectivity index (χ4v) is 4.84. The number of nitrogens with zero attached hydrogens (tertiary/aromatic N) is 2. The van der Waals surface area contributed by atoms with Crippen LogP contribution in [0.25, 0.3) is 22.2 Å². The normalized spacial score (nSPS) is 12.5. The molecule has 2 heterocycles. The number of amides is 2. The number of pyridine rings is 1. The fraction of sp³-hybridized carbons (Fsp3) is 0.0606. The predicted molar refractivity (Wildman–Crippen MR) is 151 cm³/mol. The number of aryl methyl sites for hydroxylation is 1. The van der Waals surface area contributed by atoms with Crippen molar-refractivity contribution in [3.05, 3.63) is 131 Å². The Bertz CT molecular complexity index is 1850. The van der Waals surface area contributed by atoms with Gasteiger partial charge in [-0.05, 0) is 67.1 Å². The highest BCUT2D eigenvalue weighted by molar-refractivity contribution is 6.34. The highest BCUT2D eigenvalue weighted by Crippen LogP contribution is 2.32. The van der Waals surface area contributed by atoms with Gasteiger partial charge in [-0.15, -0.1) is 0 Å². The van der Waals surface area contributed by atoms with Crippen molar-refractivity contribution < 1.29 is 28.3 Å². The zero-order valence-corrected chi connectivity index (χ0v) is 21.8. The number of imide groups is 1. The van der Waals surface area contributed by atoms with Crippen LogP contribution >= 0.6 is 0 Å². The summed E-state index contributed by atoms with van der Waals surface area (Å²) < 4.78 is 18.6. The number of carbonyl (C=O) groups is 4. The summed E-state index contributed by atoms with van der Waals surface area (Å²) in [4.78, 5) is 57.4. The minimum Gasteiger partial charge on any atom is -0.454 e. The van der Waals surface area contributed by atoms with Gasteiger partial charge in [-0.3, -0.25) is 14.4 Å². The van der Waals surface area contributed by atoms with E-state index in [0.717, 1.165) is 10.5 Å². The second-order valence-electron chi connectivity index (χ2n) is 9.57. The van der Waals surface area contributed by atoms with E-state index in [-0.39, 0.29) is 11.1 Å². The van der Waals surface area contributed by atoms with E-state index in [1.165, 1.54) is 24.3 Å². The zero-order chi connectivity index (χ0) is 28.7. The minimum atomic E-state index is -0.706. The summed E-state index contributed by atoms with van der Waals surface area (Å²) in [6.45, 7) is 1.36. The Morgan fingerprint density at radius 2 is 1.49 bits per heavy atom.